The van der Waals surface area contributed by atoms with Gasteiger partial charge in [0.2, 0.25) is 0 Å². The summed E-state index contributed by atoms with van der Waals surface area (Å²) >= 11 is 0. The van der Waals surface area contributed by atoms with Crippen LogP contribution in [0.25, 0.3) is 11.5 Å². The van der Waals surface area contributed by atoms with Gasteiger partial charge in [0, 0.05) is 38.3 Å². The molecule has 140 valence electrons. The molecule has 8 heteroatoms. The average molecular weight is 367 g/mol. The first-order valence-electron chi connectivity index (χ1n) is 8.88. The van der Waals surface area contributed by atoms with E-state index in [1.165, 1.54) is 0 Å². The maximum absolute atomic E-state index is 12.6. The van der Waals surface area contributed by atoms with Crippen LogP contribution in [-0.4, -0.2) is 50.9 Å². The Morgan fingerprint density at radius 3 is 2.81 bits per heavy atom. The van der Waals surface area contributed by atoms with Crippen molar-refractivity contribution in [2.45, 2.75) is 12.8 Å². The Kier molecular flexibility index (Phi) is 4.62. The van der Waals surface area contributed by atoms with Crippen LogP contribution >= 0.6 is 0 Å². The van der Waals surface area contributed by atoms with Crippen LogP contribution in [0.3, 0.4) is 0 Å². The lowest BCUT2D eigenvalue weighted by atomic mass is 10.1. The third-order valence-corrected chi connectivity index (χ3v) is 4.89. The van der Waals surface area contributed by atoms with Crippen molar-refractivity contribution in [2.24, 2.45) is 13.0 Å². The van der Waals surface area contributed by atoms with Crippen LogP contribution in [0.5, 0.6) is 5.75 Å². The monoisotopic (exact) mass is 367 g/mol. The first-order valence-corrected chi connectivity index (χ1v) is 8.88. The van der Waals surface area contributed by atoms with Gasteiger partial charge in [0.05, 0.1) is 7.11 Å². The Balaban J connectivity index is 1.38. The molecule has 4 rings (SSSR count). The van der Waals surface area contributed by atoms with Crippen molar-refractivity contribution >= 4 is 5.91 Å². The highest BCUT2D eigenvalue weighted by Gasteiger charge is 2.29. The van der Waals surface area contributed by atoms with Gasteiger partial charge in [-0.25, -0.2) is 0 Å². The molecule has 1 saturated heterocycles. The van der Waals surface area contributed by atoms with Gasteiger partial charge in [0.25, 0.3) is 11.8 Å². The van der Waals surface area contributed by atoms with E-state index in [1.54, 1.807) is 31.1 Å². The van der Waals surface area contributed by atoms with Crippen LogP contribution < -0.4 is 4.74 Å². The lowest BCUT2D eigenvalue weighted by Crippen LogP contribution is -2.30. The summed E-state index contributed by atoms with van der Waals surface area (Å²) in [4.78, 5) is 18.9. The van der Waals surface area contributed by atoms with E-state index >= 15 is 0 Å². The molecule has 0 aliphatic carbocycles. The minimum Gasteiger partial charge on any atom is -0.497 e. The molecule has 8 nitrogen and oxygen atoms in total. The summed E-state index contributed by atoms with van der Waals surface area (Å²) in [5.74, 6) is 2.28. The van der Waals surface area contributed by atoms with Gasteiger partial charge in [-0.3, -0.25) is 9.48 Å². The van der Waals surface area contributed by atoms with Gasteiger partial charge >= 0.3 is 0 Å². The zero-order chi connectivity index (χ0) is 18.8. The minimum absolute atomic E-state index is 0.0181. The molecule has 1 fully saturated rings. The zero-order valence-electron chi connectivity index (χ0n) is 15.3. The topological polar surface area (TPSA) is 86.3 Å². The molecule has 0 N–H and O–H groups in total. The quantitative estimate of drug-likeness (QED) is 0.687. The highest BCUT2D eigenvalue weighted by Crippen LogP contribution is 2.24. The standard InChI is InChI=1S/C19H21N5O3/c1-23-16(7-9-20-23)19(25)24-10-8-13(12-24)11-17-21-18(27-22-17)14-3-5-15(26-2)6-4-14/h3-7,9,13H,8,10-12H2,1-2H3. The molecular formula is C19H21N5O3. The maximum Gasteiger partial charge on any atom is 0.272 e. The fraction of sp³-hybridized carbons (Fsp3) is 0.368. The number of carbonyl (C=O) groups is 1. The van der Waals surface area contributed by atoms with E-state index in [1.807, 2.05) is 29.2 Å². The lowest BCUT2D eigenvalue weighted by Gasteiger charge is -2.16. The first kappa shape index (κ1) is 17.3. The lowest BCUT2D eigenvalue weighted by molar-refractivity contribution is 0.0776. The van der Waals surface area contributed by atoms with Gasteiger partial charge in [0.15, 0.2) is 5.82 Å². The molecule has 1 aliphatic rings. The van der Waals surface area contributed by atoms with Crippen molar-refractivity contribution in [1.82, 2.24) is 24.8 Å². The number of benzene rings is 1. The molecular weight excluding hydrogens is 346 g/mol. The third kappa shape index (κ3) is 3.55. The molecule has 27 heavy (non-hydrogen) atoms. The number of aromatic nitrogens is 4. The predicted molar refractivity (Wildman–Crippen MR) is 97.2 cm³/mol. The van der Waals surface area contributed by atoms with Crippen molar-refractivity contribution in [3.63, 3.8) is 0 Å². The molecule has 3 aromatic rings. The van der Waals surface area contributed by atoms with Gasteiger partial charge in [-0.2, -0.15) is 10.1 Å². The van der Waals surface area contributed by atoms with E-state index in [-0.39, 0.29) is 5.91 Å². The van der Waals surface area contributed by atoms with E-state index in [0.29, 0.717) is 36.3 Å². The van der Waals surface area contributed by atoms with E-state index in [4.69, 9.17) is 9.26 Å². The van der Waals surface area contributed by atoms with E-state index < -0.39 is 0 Å². The van der Waals surface area contributed by atoms with Gasteiger partial charge < -0.3 is 14.2 Å². The SMILES string of the molecule is COc1ccc(-c2nc(CC3CCN(C(=O)c4ccnn4C)C3)no2)cc1. The number of hydrogen-bond donors (Lipinski definition) is 0. The van der Waals surface area contributed by atoms with Crippen LogP contribution in [0.15, 0.2) is 41.1 Å². The van der Waals surface area contributed by atoms with Crippen LogP contribution in [0.4, 0.5) is 0 Å². The number of carbonyl (C=O) groups excluding carboxylic acids is 1. The predicted octanol–water partition coefficient (Wildman–Crippen LogP) is 2.18. The van der Waals surface area contributed by atoms with Crippen molar-refractivity contribution in [3.8, 4) is 17.2 Å². The molecule has 1 unspecified atom stereocenters. The van der Waals surface area contributed by atoms with Crippen LogP contribution in [0, 0.1) is 5.92 Å². The van der Waals surface area contributed by atoms with Gasteiger partial charge in [-0.15, -0.1) is 0 Å². The first-order chi connectivity index (χ1) is 13.1. The van der Waals surface area contributed by atoms with Gasteiger partial charge in [-0.1, -0.05) is 5.16 Å². The fourth-order valence-electron chi connectivity index (χ4n) is 3.38. The zero-order valence-corrected chi connectivity index (χ0v) is 15.3. The molecule has 0 bridgehead atoms. The normalized spacial score (nSPS) is 16.7. The van der Waals surface area contributed by atoms with Crippen LogP contribution in [0.1, 0.15) is 22.7 Å². The second kappa shape index (κ2) is 7.22. The number of ether oxygens (including phenoxy) is 1. The molecule has 1 aromatic carbocycles. The average Bonchev–Trinajstić information content (AvgIpc) is 3.43. The third-order valence-electron chi connectivity index (χ3n) is 4.89. The van der Waals surface area contributed by atoms with Crippen molar-refractivity contribution in [1.29, 1.82) is 0 Å². The Bertz CT molecular complexity index is 931. The maximum atomic E-state index is 12.6. The minimum atomic E-state index is 0.0181. The van der Waals surface area contributed by atoms with E-state index in [2.05, 4.69) is 15.2 Å². The van der Waals surface area contributed by atoms with Crippen molar-refractivity contribution in [2.75, 3.05) is 20.2 Å². The second-order valence-electron chi connectivity index (χ2n) is 6.69. The summed E-state index contributed by atoms with van der Waals surface area (Å²) in [6, 6.07) is 9.24. The summed E-state index contributed by atoms with van der Waals surface area (Å²) in [5, 5.41) is 8.16. The molecule has 1 amide bonds. The Labute approximate surface area is 156 Å². The van der Waals surface area contributed by atoms with Crippen LogP contribution in [-0.2, 0) is 13.5 Å². The number of amides is 1. The number of aryl methyl sites for hydroxylation is 1. The van der Waals surface area contributed by atoms with E-state index in [0.717, 1.165) is 24.3 Å². The smallest absolute Gasteiger partial charge is 0.272 e. The summed E-state index contributed by atoms with van der Waals surface area (Å²) < 4.78 is 12.2. The van der Waals surface area contributed by atoms with E-state index in [9.17, 15) is 4.79 Å². The summed E-state index contributed by atoms with van der Waals surface area (Å²) in [5.41, 5.74) is 1.46. The molecule has 0 spiro atoms. The molecule has 0 saturated carbocycles. The molecule has 2 aromatic heterocycles. The Morgan fingerprint density at radius 2 is 2.11 bits per heavy atom. The van der Waals surface area contributed by atoms with Crippen LogP contribution in [0.2, 0.25) is 0 Å². The van der Waals surface area contributed by atoms with Gasteiger partial charge in [-0.05, 0) is 42.7 Å². The molecule has 0 radical (unpaired) electrons. The molecule has 1 aliphatic heterocycles. The number of methoxy groups -OCH3 is 1. The highest BCUT2D eigenvalue weighted by atomic mass is 16.5. The Morgan fingerprint density at radius 1 is 1.30 bits per heavy atom. The second-order valence-corrected chi connectivity index (χ2v) is 6.69. The molecule has 1 atom stereocenters. The summed E-state index contributed by atoms with van der Waals surface area (Å²) in [6.45, 7) is 1.42. The number of rotatable bonds is 5. The van der Waals surface area contributed by atoms with Crippen molar-refractivity contribution < 1.29 is 14.1 Å². The fourth-order valence-corrected chi connectivity index (χ4v) is 3.38. The Hall–Kier alpha value is -3.16. The van der Waals surface area contributed by atoms with Crippen molar-refractivity contribution in [3.05, 3.63) is 48.0 Å². The number of hydrogen-bond acceptors (Lipinski definition) is 6. The van der Waals surface area contributed by atoms with Gasteiger partial charge in [0.1, 0.15) is 11.4 Å². The number of nitrogens with zero attached hydrogens (tertiary/aromatic N) is 5. The largest absolute Gasteiger partial charge is 0.497 e. The summed E-state index contributed by atoms with van der Waals surface area (Å²) in [7, 11) is 3.41. The summed E-state index contributed by atoms with van der Waals surface area (Å²) in [6.07, 6.45) is 3.26. The highest BCUT2D eigenvalue weighted by molar-refractivity contribution is 5.92. The molecule has 3 heterocycles. The number of likely N-dealkylation sites (tertiary alicyclic amines) is 1.